The Morgan fingerprint density at radius 1 is 1.10 bits per heavy atom. The van der Waals surface area contributed by atoms with Gasteiger partial charge in [0.2, 0.25) is 0 Å². The molecule has 4 rings (SSSR count). The number of aromatic nitrogens is 1. The Morgan fingerprint density at radius 3 is 2.90 bits per heavy atom. The second-order valence-electron chi connectivity index (χ2n) is 5.62. The summed E-state index contributed by atoms with van der Waals surface area (Å²) in [5.41, 5.74) is 3.74. The number of pyridine rings is 1. The zero-order valence-electron chi connectivity index (χ0n) is 11.4. The van der Waals surface area contributed by atoms with Gasteiger partial charge in [-0.2, -0.15) is 0 Å². The van der Waals surface area contributed by atoms with Crippen LogP contribution in [0.15, 0.2) is 42.7 Å². The molecule has 0 amide bonds. The number of rotatable bonds is 1. The molecular weight excluding hydrogens is 248 g/mol. The van der Waals surface area contributed by atoms with Crippen molar-refractivity contribution in [3.8, 4) is 16.9 Å². The molecular formula is C17H18N2O. The number of nitrogens with zero attached hydrogens (tertiary/aromatic N) is 1. The van der Waals surface area contributed by atoms with Crippen LogP contribution in [0.25, 0.3) is 11.1 Å². The van der Waals surface area contributed by atoms with Crippen LogP contribution in [0.4, 0.5) is 0 Å². The van der Waals surface area contributed by atoms with Crippen molar-refractivity contribution >= 4 is 0 Å². The highest BCUT2D eigenvalue weighted by Gasteiger charge is 2.33. The maximum absolute atomic E-state index is 6.12. The summed E-state index contributed by atoms with van der Waals surface area (Å²) in [6, 6.07) is 10.6. The molecule has 0 unspecified atom stereocenters. The average Bonchev–Trinajstić information content (AvgIpc) is 2.90. The minimum Gasteiger partial charge on any atom is -0.493 e. The van der Waals surface area contributed by atoms with Crippen LogP contribution in [0.5, 0.6) is 5.75 Å². The fourth-order valence-electron chi connectivity index (χ4n) is 3.48. The van der Waals surface area contributed by atoms with Gasteiger partial charge in [0.05, 0.1) is 6.61 Å². The smallest absolute Gasteiger partial charge is 0.130 e. The van der Waals surface area contributed by atoms with Crippen molar-refractivity contribution in [1.82, 2.24) is 10.3 Å². The van der Waals surface area contributed by atoms with Crippen molar-refractivity contribution in [2.24, 2.45) is 5.92 Å². The third-order valence-corrected chi connectivity index (χ3v) is 4.51. The van der Waals surface area contributed by atoms with Crippen molar-refractivity contribution in [2.45, 2.75) is 12.3 Å². The Balaban J connectivity index is 1.85. The molecule has 0 aliphatic carbocycles. The van der Waals surface area contributed by atoms with E-state index in [-0.39, 0.29) is 0 Å². The monoisotopic (exact) mass is 266 g/mol. The van der Waals surface area contributed by atoms with E-state index in [1.54, 1.807) is 0 Å². The van der Waals surface area contributed by atoms with Gasteiger partial charge in [0.25, 0.3) is 0 Å². The highest BCUT2D eigenvalue weighted by atomic mass is 16.5. The van der Waals surface area contributed by atoms with Gasteiger partial charge in [0, 0.05) is 30.4 Å². The summed E-state index contributed by atoms with van der Waals surface area (Å²) in [6.07, 6.45) is 4.82. The summed E-state index contributed by atoms with van der Waals surface area (Å²) in [7, 11) is 0. The largest absolute Gasteiger partial charge is 0.493 e. The maximum atomic E-state index is 6.12. The normalized spacial score (nSPS) is 24.4. The molecule has 1 aromatic heterocycles. The Hall–Kier alpha value is -1.87. The van der Waals surface area contributed by atoms with E-state index in [9.17, 15) is 0 Å². The highest BCUT2D eigenvalue weighted by Crippen LogP contribution is 2.43. The van der Waals surface area contributed by atoms with E-state index < -0.39 is 0 Å². The van der Waals surface area contributed by atoms with Crippen LogP contribution < -0.4 is 10.1 Å². The molecule has 3 nitrogen and oxygen atoms in total. The van der Waals surface area contributed by atoms with E-state index in [1.807, 2.05) is 24.5 Å². The molecule has 0 radical (unpaired) electrons. The predicted molar refractivity (Wildman–Crippen MR) is 78.9 cm³/mol. The molecule has 3 heterocycles. The van der Waals surface area contributed by atoms with E-state index in [2.05, 4.69) is 28.5 Å². The van der Waals surface area contributed by atoms with Crippen molar-refractivity contribution in [3.05, 3.63) is 48.3 Å². The fraction of sp³-hybridized carbons (Fsp3) is 0.353. The fourth-order valence-corrected chi connectivity index (χ4v) is 3.48. The molecule has 2 aliphatic rings. The van der Waals surface area contributed by atoms with E-state index in [0.29, 0.717) is 11.8 Å². The summed E-state index contributed by atoms with van der Waals surface area (Å²) in [4.78, 5) is 4.10. The minimum absolute atomic E-state index is 0.592. The molecule has 1 aromatic carbocycles. The number of fused-ring (bicyclic) bond motifs is 3. The SMILES string of the molecule is c1cc(-c2ccncc2)c2c(c1)[C@@H]1CNC[C@H]1CCO2. The standard InChI is InChI=1S/C17H18N2O/c1-2-14(12-4-7-18-8-5-12)17-15(3-1)16-11-19-10-13(16)6-9-20-17/h1-5,7-8,13,16,19H,6,9-11H2/t13-,16-/m1/s1. The van der Waals surface area contributed by atoms with Gasteiger partial charge in [0.1, 0.15) is 5.75 Å². The third-order valence-electron chi connectivity index (χ3n) is 4.51. The van der Waals surface area contributed by atoms with Gasteiger partial charge < -0.3 is 10.1 Å². The molecule has 1 fully saturated rings. The van der Waals surface area contributed by atoms with Gasteiger partial charge in [-0.3, -0.25) is 4.98 Å². The molecule has 0 saturated carbocycles. The summed E-state index contributed by atoms with van der Waals surface area (Å²) in [5, 5.41) is 3.53. The number of hydrogen-bond acceptors (Lipinski definition) is 3. The molecule has 2 aliphatic heterocycles. The van der Waals surface area contributed by atoms with Gasteiger partial charge in [0.15, 0.2) is 0 Å². The van der Waals surface area contributed by atoms with Gasteiger partial charge in [-0.1, -0.05) is 18.2 Å². The van der Waals surface area contributed by atoms with Crippen molar-refractivity contribution in [3.63, 3.8) is 0 Å². The van der Waals surface area contributed by atoms with Crippen molar-refractivity contribution in [1.29, 1.82) is 0 Å². The zero-order chi connectivity index (χ0) is 13.4. The van der Waals surface area contributed by atoms with E-state index >= 15 is 0 Å². The second kappa shape index (κ2) is 4.91. The molecule has 1 N–H and O–H groups in total. The first-order chi connectivity index (χ1) is 9.93. The number of benzene rings is 1. The lowest BCUT2D eigenvalue weighted by Crippen LogP contribution is -2.11. The minimum atomic E-state index is 0.592. The first kappa shape index (κ1) is 11.9. The topological polar surface area (TPSA) is 34.2 Å². The Morgan fingerprint density at radius 2 is 2.00 bits per heavy atom. The Kier molecular flexibility index (Phi) is 2.92. The summed E-state index contributed by atoms with van der Waals surface area (Å²) < 4.78 is 6.12. The maximum Gasteiger partial charge on any atom is 0.130 e. The molecule has 2 aromatic rings. The lowest BCUT2D eigenvalue weighted by molar-refractivity contribution is 0.297. The Labute approximate surface area is 119 Å². The summed E-state index contributed by atoms with van der Waals surface area (Å²) in [6.45, 7) is 3.01. The number of ether oxygens (including phenoxy) is 1. The predicted octanol–water partition coefficient (Wildman–Crippen LogP) is 2.83. The van der Waals surface area contributed by atoms with Crippen LogP contribution in [0.3, 0.4) is 0 Å². The molecule has 102 valence electrons. The van der Waals surface area contributed by atoms with Gasteiger partial charge in [-0.25, -0.2) is 0 Å². The second-order valence-corrected chi connectivity index (χ2v) is 5.62. The van der Waals surface area contributed by atoms with Gasteiger partial charge in [-0.05, 0) is 42.1 Å². The number of hydrogen-bond donors (Lipinski definition) is 1. The first-order valence-corrected chi connectivity index (χ1v) is 7.30. The molecule has 20 heavy (non-hydrogen) atoms. The lowest BCUT2D eigenvalue weighted by Gasteiger charge is -2.18. The molecule has 1 saturated heterocycles. The molecule has 0 spiro atoms. The quantitative estimate of drug-likeness (QED) is 0.862. The highest BCUT2D eigenvalue weighted by molar-refractivity contribution is 5.72. The van der Waals surface area contributed by atoms with Gasteiger partial charge in [-0.15, -0.1) is 0 Å². The number of para-hydroxylation sites is 1. The van der Waals surface area contributed by atoms with Crippen molar-refractivity contribution in [2.75, 3.05) is 19.7 Å². The van der Waals surface area contributed by atoms with Crippen LogP contribution in [-0.4, -0.2) is 24.7 Å². The van der Waals surface area contributed by atoms with E-state index in [4.69, 9.17) is 4.74 Å². The van der Waals surface area contributed by atoms with Gasteiger partial charge >= 0.3 is 0 Å². The third kappa shape index (κ3) is 1.90. The van der Waals surface area contributed by atoms with Crippen LogP contribution in [-0.2, 0) is 0 Å². The summed E-state index contributed by atoms with van der Waals surface area (Å²) in [5.74, 6) is 2.38. The van der Waals surface area contributed by atoms with Crippen LogP contribution in [0.1, 0.15) is 17.9 Å². The Bertz CT molecular complexity index is 612. The number of nitrogens with one attached hydrogen (secondary N) is 1. The molecule has 2 atom stereocenters. The molecule has 0 bridgehead atoms. The van der Waals surface area contributed by atoms with Crippen LogP contribution in [0, 0.1) is 5.92 Å². The van der Waals surface area contributed by atoms with E-state index in [0.717, 1.165) is 31.9 Å². The van der Waals surface area contributed by atoms with E-state index in [1.165, 1.54) is 16.7 Å². The van der Waals surface area contributed by atoms with Crippen LogP contribution >= 0.6 is 0 Å². The average molecular weight is 266 g/mol. The van der Waals surface area contributed by atoms with Crippen molar-refractivity contribution < 1.29 is 4.74 Å². The van der Waals surface area contributed by atoms with Crippen LogP contribution in [0.2, 0.25) is 0 Å². The zero-order valence-corrected chi connectivity index (χ0v) is 11.4. The molecule has 3 heteroatoms. The lowest BCUT2D eigenvalue weighted by atomic mass is 9.86. The summed E-state index contributed by atoms with van der Waals surface area (Å²) >= 11 is 0. The first-order valence-electron chi connectivity index (χ1n) is 7.30.